The highest BCUT2D eigenvalue weighted by molar-refractivity contribution is 5.91. The van der Waals surface area contributed by atoms with Gasteiger partial charge < -0.3 is 23.7 Å². The first-order valence-corrected chi connectivity index (χ1v) is 12.8. The molecule has 0 spiro atoms. The largest absolute Gasteiger partial charge is 0.497 e. The van der Waals surface area contributed by atoms with E-state index in [0.29, 0.717) is 35.2 Å². The Hall–Kier alpha value is -4.54. The Bertz CT molecular complexity index is 1720. The van der Waals surface area contributed by atoms with Gasteiger partial charge in [0.1, 0.15) is 17.4 Å². The standard InChI is InChI=1S/C30H28F4N4O3/c1-16(2)38-27(35-36-29(38)30(3,4)41-26-24(33)11-19(31)12-25(26)34)22-10-18-15-37(28(39)21(18)13-23(22)32)14-17-6-8-20(40-5)9-7-17/h6-13,15-16,39H,14H2,1-5H3. The van der Waals surface area contributed by atoms with Crippen LogP contribution >= 0.6 is 0 Å². The number of halogens is 4. The predicted molar refractivity (Wildman–Crippen MR) is 145 cm³/mol. The van der Waals surface area contributed by atoms with E-state index in [1.54, 1.807) is 28.5 Å². The van der Waals surface area contributed by atoms with Gasteiger partial charge in [0.2, 0.25) is 0 Å². The number of nitrogens with zero attached hydrogens (tertiary/aromatic N) is 4. The Morgan fingerprint density at radius 1 is 0.927 bits per heavy atom. The number of aromatic nitrogens is 4. The van der Waals surface area contributed by atoms with Gasteiger partial charge in [0.15, 0.2) is 40.5 Å². The highest BCUT2D eigenvalue weighted by Gasteiger charge is 2.34. The molecular formula is C30H28F4N4O3. The number of fused-ring (bicyclic) bond motifs is 1. The normalized spacial score (nSPS) is 12.0. The maximum Gasteiger partial charge on any atom is 0.199 e. The Kier molecular flexibility index (Phi) is 7.14. The van der Waals surface area contributed by atoms with E-state index in [2.05, 4.69) is 10.2 Å². The predicted octanol–water partition coefficient (Wildman–Crippen LogP) is 7.11. The molecule has 0 amide bonds. The summed E-state index contributed by atoms with van der Waals surface area (Å²) < 4.78 is 71.8. The fourth-order valence-electron chi connectivity index (χ4n) is 4.80. The van der Waals surface area contributed by atoms with Gasteiger partial charge in [0.05, 0.1) is 19.2 Å². The molecule has 214 valence electrons. The Morgan fingerprint density at radius 3 is 2.20 bits per heavy atom. The lowest BCUT2D eigenvalue weighted by Gasteiger charge is -2.28. The summed E-state index contributed by atoms with van der Waals surface area (Å²) >= 11 is 0. The van der Waals surface area contributed by atoms with Gasteiger partial charge in [-0.15, -0.1) is 10.2 Å². The van der Waals surface area contributed by atoms with Crippen LogP contribution in [0.15, 0.2) is 54.7 Å². The van der Waals surface area contributed by atoms with Crippen LogP contribution in [0.4, 0.5) is 17.6 Å². The maximum atomic E-state index is 15.6. The molecule has 0 radical (unpaired) electrons. The smallest absolute Gasteiger partial charge is 0.199 e. The molecule has 0 saturated carbocycles. The van der Waals surface area contributed by atoms with E-state index in [1.165, 1.54) is 19.9 Å². The van der Waals surface area contributed by atoms with Crippen molar-refractivity contribution in [1.82, 2.24) is 19.3 Å². The summed E-state index contributed by atoms with van der Waals surface area (Å²) in [5, 5.41) is 20.1. The lowest BCUT2D eigenvalue weighted by Crippen LogP contribution is -2.31. The maximum absolute atomic E-state index is 15.6. The molecule has 0 bridgehead atoms. The molecule has 0 fully saturated rings. The first-order chi connectivity index (χ1) is 19.4. The summed E-state index contributed by atoms with van der Waals surface area (Å²) in [6, 6.07) is 10.9. The summed E-state index contributed by atoms with van der Waals surface area (Å²) in [5.74, 6) is -3.96. The molecule has 0 aliphatic heterocycles. The zero-order valence-electron chi connectivity index (χ0n) is 23.0. The molecular weight excluding hydrogens is 540 g/mol. The third-order valence-corrected chi connectivity index (χ3v) is 6.77. The quantitative estimate of drug-likeness (QED) is 0.202. The fraction of sp³-hybridized carbons (Fsp3) is 0.267. The average molecular weight is 569 g/mol. The molecule has 3 aromatic carbocycles. The molecule has 0 saturated heterocycles. The first kappa shape index (κ1) is 28.0. The number of aromatic hydroxyl groups is 1. The zero-order valence-corrected chi connectivity index (χ0v) is 23.0. The van der Waals surface area contributed by atoms with E-state index in [4.69, 9.17) is 9.47 Å². The van der Waals surface area contributed by atoms with Crippen molar-refractivity contribution >= 4 is 10.8 Å². The van der Waals surface area contributed by atoms with Crippen molar-refractivity contribution in [3.8, 4) is 28.8 Å². The number of ether oxygens (including phenoxy) is 2. The van der Waals surface area contributed by atoms with Crippen molar-refractivity contribution in [3.63, 3.8) is 0 Å². The minimum atomic E-state index is -1.45. The van der Waals surface area contributed by atoms with Crippen molar-refractivity contribution in [2.45, 2.75) is 45.9 Å². The van der Waals surface area contributed by atoms with Crippen LogP contribution in [-0.2, 0) is 12.1 Å². The second-order valence-electron chi connectivity index (χ2n) is 10.5. The van der Waals surface area contributed by atoms with Crippen molar-refractivity contribution in [2.75, 3.05) is 7.11 Å². The van der Waals surface area contributed by atoms with Crippen LogP contribution in [0.1, 0.15) is 45.1 Å². The van der Waals surface area contributed by atoms with Crippen LogP contribution in [0.25, 0.3) is 22.2 Å². The number of hydrogen-bond donors (Lipinski definition) is 1. The molecule has 7 nitrogen and oxygen atoms in total. The van der Waals surface area contributed by atoms with E-state index in [-0.39, 0.29) is 29.1 Å². The molecule has 2 aromatic heterocycles. The average Bonchev–Trinajstić information content (AvgIpc) is 3.49. The van der Waals surface area contributed by atoms with E-state index in [9.17, 15) is 18.3 Å². The molecule has 2 heterocycles. The number of benzene rings is 3. The monoisotopic (exact) mass is 568 g/mol. The van der Waals surface area contributed by atoms with Gasteiger partial charge in [-0.1, -0.05) is 12.1 Å². The molecule has 41 heavy (non-hydrogen) atoms. The lowest BCUT2D eigenvalue weighted by molar-refractivity contribution is 0.0811. The molecule has 0 unspecified atom stereocenters. The minimum absolute atomic E-state index is 0.0924. The Balaban J connectivity index is 1.54. The molecule has 0 aliphatic rings. The van der Waals surface area contributed by atoms with Gasteiger partial charge in [-0.2, -0.15) is 0 Å². The summed E-state index contributed by atoms with van der Waals surface area (Å²) in [6.07, 6.45) is 1.71. The van der Waals surface area contributed by atoms with E-state index >= 15 is 4.39 Å². The molecule has 1 N–H and O–H groups in total. The highest BCUT2D eigenvalue weighted by atomic mass is 19.1. The number of methoxy groups -OCH3 is 1. The topological polar surface area (TPSA) is 74.3 Å². The van der Waals surface area contributed by atoms with Crippen molar-refractivity contribution in [3.05, 3.63) is 89.4 Å². The summed E-state index contributed by atoms with van der Waals surface area (Å²) in [6.45, 7) is 7.03. The van der Waals surface area contributed by atoms with Gasteiger partial charge in [0, 0.05) is 35.1 Å². The molecule has 0 aliphatic carbocycles. The first-order valence-electron chi connectivity index (χ1n) is 12.8. The summed E-state index contributed by atoms with van der Waals surface area (Å²) in [5.41, 5.74) is -0.431. The number of hydrogen-bond acceptors (Lipinski definition) is 5. The van der Waals surface area contributed by atoms with Crippen LogP contribution in [-0.4, -0.2) is 31.5 Å². The SMILES string of the molecule is COc1ccc(Cn2cc3cc(-c4nnc(C(C)(C)Oc5c(F)cc(F)cc5F)n4C(C)C)c(F)cc3c2O)cc1. The van der Waals surface area contributed by atoms with Crippen LogP contribution in [0.2, 0.25) is 0 Å². The molecule has 5 rings (SSSR count). The van der Waals surface area contributed by atoms with Gasteiger partial charge in [0.25, 0.3) is 0 Å². The Morgan fingerprint density at radius 2 is 1.59 bits per heavy atom. The highest BCUT2D eigenvalue weighted by Crippen LogP contribution is 2.37. The molecule has 5 aromatic rings. The third kappa shape index (κ3) is 5.19. The summed E-state index contributed by atoms with van der Waals surface area (Å²) in [4.78, 5) is 0. The van der Waals surface area contributed by atoms with Crippen LogP contribution < -0.4 is 9.47 Å². The van der Waals surface area contributed by atoms with Crippen LogP contribution in [0, 0.1) is 23.3 Å². The van der Waals surface area contributed by atoms with E-state index < -0.39 is 34.6 Å². The second-order valence-corrected chi connectivity index (χ2v) is 10.5. The van der Waals surface area contributed by atoms with Crippen molar-refractivity contribution in [2.24, 2.45) is 0 Å². The minimum Gasteiger partial charge on any atom is -0.497 e. The Labute approximate surface area is 233 Å². The van der Waals surface area contributed by atoms with Gasteiger partial charge in [-0.3, -0.25) is 0 Å². The van der Waals surface area contributed by atoms with E-state index in [0.717, 1.165) is 5.56 Å². The van der Waals surface area contributed by atoms with E-state index in [1.807, 2.05) is 38.1 Å². The summed E-state index contributed by atoms with van der Waals surface area (Å²) in [7, 11) is 1.58. The third-order valence-electron chi connectivity index (χ3n) is 6.77. The fourth-order valence-corrected chi connectivity index (χ4v) is 4.80. The molecule has 0 atom stereocenters. The lowest BCUT2D eigenvalue weighted by atomic mass is 10.1. The van der Waals surface area contributed by atoms with Gasteiger partial charge in [-0.05, 0) is 57.5 Å². The van der Waals surface area contributed by atoms with Crippen LogP contribution in [0.5, 0.6) is 17.4 Å². The van der Waals surface area contributed by atoms with Crippen LogP contribution in [0.3, 0.4) is 0 Å². The second kappa shape index (κ2) is 10.5. The van der Waals surface area contributed by atoms with Crippen molar-refractivity contribution in [1.29, 1.82) is 0 Å². The number of rotatable bonds is 8. The molecule has 11 heteroatoms. The zero-order chi connectivity index (χ0) is 29.6. The van der Waals surface area contributed by atoms with Gasteiger partial charge >= 0.3 is 0 Å². The van der Waals surface area contributed by atoms with Crippen molar-refractivity contribution < 1.29 is 32.1 Å². The van der Waals surface area contributed by atoms with Gasteiger partial charge in [-0.25, -0.2) is 17.6 Å².